The Bertz CT molecular complexity index is 609. The molecule has 0 aliphatic rings. The molecule has 0 fully saturated rings. The van der Waals surface area contributed by atoms with Crippen molar-refractivity contribution < 1.29 is 13.6 Å². The van der Waals surface area contributed by atoms with Crippen LogP contribution in [-0.2, 0) is 6.54 Å². The summed E-state index contributed by atoms with van der Waals surface area (Å²) in [7, 11) is 0. The van der Waals surface area contributed by atoms with E-state index in [1.54, 1.807) is 0 Å². The van der Waals surface area contributed by atoms with Gasteiger partial charge in [0.15, 0.2) is 5.69 Å². The second-order valence-electron chi connectivity index (χ2n) is 3.73. The van der Waals surface area contributed by atoms with Crippen LogP contribution in [0.2, 0.25) is 0 Å². The van der Waals surface area contributed by atoms with Gasteiger partial charge in [0.1, 0.15) is 11.6 Å². The lowest BCUT2D eigenvalue weighted by molar-refractivity contribution is 0.0995. The van der Waals surface area contributed by atoms with Gasteiger partial charge in [-0.15, -0.1) is 0 Å². The van der Waals surface area contributed by atoms with E-state index in [9.17, 15) is 13.6 Å². The van der Waals surface area contributed by atoms with Crippen LogP contribution in [-0.4, -0.2) is 15.7 Å². The molecule has 1 amide bonds. The zero-order valence-corrected chi connectivity index (χ0v) is 9.23. The van der Waals surface area contributed by atoms with Crippen LogP contribution < -0.4 is 11.5 Å². The Morgan fingerprint density at radius 1 is 1.39 bits per heavy atom. The van der Waals surface area contributed by atoms with Gasteiger partial charge in [-0.3, -0.25) is 9.48 Å². The number of anilines is 1. The summed E-state index contributed by atoms with van der Waals surface area (Å²) in [5.41, 5.74) is 10.7. The summed E-state index contributed by atoms with van der Waals surface area (Å²) in [5, 5.41) is 3.80. The van der Waals surface area contributed by atoms with Crippen molar-refractivity contribution in [3.63, 3.8) is 0 Å². The quantitative estimate of drug-likeness (QED) is 0.850. The molecule has 0 aliphatic heterocycles. The molecule has 2 rings (SSSR count). The molecule has 0 aliphatic carbocycles. The predicted molar refractivity (Wildman–Crippen MR) is 60.6 cm³/mol. The molecule has 0 bridgehead atoms. The van der Waals surface area contributed by atoms with Crippen LogP contribution in [0.25, 0.3) is 0 Å². The first-order valence-corrected chi connectivity index (χ1v) is 5.04. The molecule has 0 radical (unpaired) electrons. The van der Waals surface area contributed by atoms with E-state index in [2.05, 4.69) is 5.10 Å². The topological polar surface area (TPSA) is 86.9 Å². The maximum Gasteiger partial charge on any atom is 0.271 e. The third-order valence-electron chi connectivity index (χ3n) is 2.36. The molecule has 4 N–H and O–H groups in total. The lowest BCUT2D eigenvalue weighted by Gasteiger charge is -2.03. The number of rotatable bonds is 3. The van der Waals surface area contributed by atoms with Crippen molar-refractivity contribution in [2.45, 2.75) is 6.54 Å². The summed E-state index contributed by atoms with van der Waals surface area (Å²) in [6.07, 6.45) is 1.34. The highest BCUT2D eigenvalue weighted by Gasteiger charge is 2.12. The highest BCUT2D eigenvalue weighted by Crippen LogP contribution is 2.14. The average molecular weight is 252 g/mol. The summed E-state index contributed by atoms with van der Waals surface area (Å²) in [6, 6.07) is 3.09. The second kappa shape index (κ2) is 4.44. The Kier molecular flexibility index (Phi) is 2.97. The molecule has 0 saturated heterocycles. The van der Waals surface area contributed by atoms with Gasteiger partial charge in [0.05, 0.1) is 12.2 Å². The Labute approximate surface area is 101 Å². The Balaban J connectivity index is 2.31. The van der Waals surface area contributed by atoms with E-state index in [-0.39, 0.29) is 23.5 Å². The number of nitrogens with two attached hydrogens (primary N) is 2. The number of carbonyl (C=O) groups excluding carboxylic acids is 1. The zero-order chi connectivity index (χ0) is 13.3. The highest BCUT2D eigenvalue weighted by atomic mass is 19.1. The summed E-state index contributed by atoms with van der Waals surface area (Å²) < 4.78 is 27.6. The molecule has 0 atom stereocenters. The predicted octanol–water partition coefficient (Wildman–Crippen LogP) is 0.891. The summed E-state index contributed by atoms with van der Waals surface area (Å²) in [6.45, 7) is -0.0406. The van der Waals surface area contributed by atoms with Crippen molar-refractivity contribution in [3.05, 3.63) is 47.3 Å². The van der Waals surface area contributed by atoms with Crippen molar-refractivity contribution in [1.29, 1.82) is 0 Å². The highest BCUT2D eigenvalue weighted by molar-refractivity contribution is 5.95. The lowest BCUT2D eigenvalue weighted by atomic mass is 10.2. The van der Waals surface area contributed by atoms with E-state index >= 15 is 0 Å². The number of hydrogen-bond donors (Lipinski definition) is 2. The van der Waals surface area contributed by atoms with E-state index in [0.717, 1.165) is 18.2 Å². The Morgan fingerprint density at radius 3 is 2.72 bits per heavy atom. The van der Waals surface area contributed by atoms with E-state index < -0.39 is 17.5 Å². The van der Waals surface area contributed by atoms with Crippen molar-refractivity contribution >= 4 is 11.6 Å². The molecule has 7 heteroatoms. The van der Waals surface area contributed by atoms with Crippen LogP contribution in [0.3, 0.4) is 0 Å². The van der Waals surface area contributed by atoms with Gasteiger partial charge in [0.2, 0.25) is 0 Å². The molecular formula is C11H10F2N4O. The number of amides is 1. The van der Waals surface area contributed by atoms with Gasteiger partial charge >= 0.3 is 0 Å². The summed E-state index contributed by atoms with van der Waals surface area (Å²) in [5.74, 6) is -1.89. The first kappa shape index (κ1) is 12.0. The molecule has 18 heavy (non-hydrogen) atoms. The molecule has 1 aromatic carbocycles. The van der Waals surface area contributed by atoms with E-state index in [4.69, 9.17) is 11.5 Å². The van der Waals surface area contributed by atoms with Crippen LogP contribution in [0.1, 0.15) is 16.1 Å². The van der Waals surface area contributed by atoms with Crippen molar-refractivity contribution in [2.75, 3.05) is 5.73 Å². The third kappa shape index (κ3) is 2.29. The fraction of sp³-hybridized carbons (Fsp3) is 0.0909. The number of carbonyl (C=O) groups is 1. The molecular weight excluding hydrogens is 242 g/mol. The zero-order valence-electron chi connectivity index (χ0n) is 9.23. The molecule has 0 spiro atoms. The van der Waals surface area contributed by atoms with Crippen LogP contribution in [0, 0.1) is 11.6 Å². The number of aromatic nitrogens is 2. The molecule has 5 nitrogen and oxygen atoms in total. The molecule has 0 saturated carbocycles. The van der Waals surface area contributed by atoms with Gasteiger partial charge in [-0.25, -0.2) is 8.78 Å². The number of primary amides is 1. The van der Waals surface area contributed by atoms with Crippen molar-refractivity contribution in [2.24, 2.45) is 5.73 Å². The van der Waals surface area contributed by atoms with Gasteiger partial charge in [0, 0.05) is 11.8 Å². The van der Waals surface area contributed by atoms with Crippen LogP contribution in [0.5, 0.6) is 0 Å². The molecule has 1 aromatic heterocycles. The molecule has 0 unspecified atom stereocenters. The Hall–Kier alpha value is -2.44. The van der Waals surface area contributed by atoms with Crippen LogP contribution >= 0.6 is 0 Å². The van der Waals surface area contributed by atoms with Gasteiger partial charge in [-0.1, -0.05) is 0 Å². The smallest absolute Gasteiger partial charge is 0.271 e. The van der Waals surface area contributed by atoms with Crippen molar-refractivity contribution in [1.82, 2.24) is 9.78 Å². The monoisotopic (exact) mass is 252 g/mol. The normalized spacial score (nSPS) is 10.6. The van der Waals surface area contributed by atoms with Gasteiger partial charge in [0.25, 0.3) is 5.91 Å². The van der Waals surface area contributed by atoms with Gasteiger partial charge in [-0.2, -0.15) is 5.10 Å². The minimum atomic E-state index is -0.772. The van der Waals surface area contributed by atoms with Crippen LogP contribution in [0.4, 0.5) is 14.5 Å². The second-order valence-corrected chi connectivity index (χ2v) is 3.73. The minimum Gasteiger partial charge on any atom is -0.396 e. The number of hydrogen-bond acceptors (Lipinski definition) is 3. The fourth-order valence-electron chi connectivity index (χ4n) is 1.55. The maximum absolute atomic E-state index is 13.4. The number of halogens is 2. The molecule has 1 heterocycles. The SMILES string of the molecule is NC(=O)c1nn(Cc2cc(F)ccc2F)cc1N. The third-order valence-corrected chi connectivity index (χ3v) is 2.36. The lowest BCUT2D eigenvalue weighted by Crippen LogP contribution is -2.14. The first-order valence-electron chi connectivity index (χ1n) is 5.04. The fourth-order valence-corrected chi connectivity index (χ4v) is 1.55. The number of benzene rings is 1. The first-order chi connectivity index (χ1) is 8.47. The largest absolute Gasteiger partial charge is 0.396 e. The average Bonchev–Trinajstić information content (AvgIpc) is 2.65. The standard InChI is InChI=1S/C11H10F2N4O/c12-7-1-2-8(13)6(3-7)4-17-5-9(14)10(16-17)11(15)18/h1-3,5H,4,14H2,(H2,15,18). The summed E-state index contributed by atoms with van der Waals surface area (Å²) >= 11 is 0. The maximum atomic E-state index is 13.4. The summed E-state index contributed by atoms with van der Waals surface area (Å²) in [4.78, 5) is 10.9. The van der Waals surface area contributed by atoms with E-state index in [1.165, 1.54) is 10.9 Å². The number of nitrogens with zero attached hydrogens (tertiary/aromatic N) is 2. The van der Waals surface area contributed by atoms with Crippen molar-refractivity contribution in [3.8, 4) is 0 Å². The van der Waals surface area contributed by atoms with Gasteiger partial charge < -0.3 is 11.5 Å². The van der Waals surface area contributed by atoms with Gasteiger partial charge in [-0.05, 0) is 18.2 Å². The molecule has 94 valence electrons. The Morgan fingerprint density at radius 2 is 2.11 bits per heavy atom. The van der Waals surface area contributed by atoms with E-state index in [1.807, 2.05) is 0 Å². The minimum absolute atomic E-state index is 0.0406. The van der Waals surface area contributed by atoms with Crippen LogP contribution in [0.15, 0.2) is 24.4 Å². The molecule has 2 aromatic rings. The number of nitrogen functional groups attached to an aromatic ring is 1. The van der Waals surface area contributed by atoms with E-state index in [0.29, 0.717) is 0 Å².